The summed E-state index contributed by atoms with van der Waals surface area (Å²) in [6.45, 7) is 5.04. The van der Waals surface area contributed by atoms with Crippen molar-refractivity contribution in [1.82, 2.24) is 5.32 Å². The van der Waals surface area contributed by atoms with E-state index in [1.165, 1.54) is 0 Å². The molecule has 0 radical (unpaired) electrons. The van der Waals surface area contributed by atoms with Gasteiger partial charge in [0.15, 0.2) is 0 Å². The molecule has 0 saturated carbocycles. The maximum atomic E-state index is 11.8. The molecule has 0 aromatic heterocycles. The van der Waals surface area contributed by atoms with Crippen LogP contribution < -0.4 is 5.32 Å². The largest absolute Gasteiger partial charge is 0.401 e. The van der Waals surface area contributed by atoms with Gasteiger partial charge in [-0.1, -0.05) is 13.8 Å². The minimum Gasteiger partial charge on any atom is -0.306 e. The summed E-state index contributed by atoms with van der Waals surface area (Å²) >= 11 is 0. The van der Waals surface area contributed by atoms with Crippen molar-refractivity contribution in [3.05, 3.63) is 0 Å². The van der Waals surface area contributed by atoms with Gasteiger partial charge in [0, 0.05) is 6.04 Å². The van der Waals surface area contributed by atoms with Gasteiger partial charge in [0.05, 0.1) is 6.54 Å². The molecule has 0 amide bonds. The second-order valence-electron chi connectivity index (χ2n) is 3.87. The average molecular weight is 197 g/mol. The number of hydrogen-bond donors (Lipinski definition) is 1. The Morgan fingerprint density at radius 3 is 2.00 bits per heavy atom. The Labute approximate surface area is 77.7 Å². The number of alkyl halides is 3. The van der Waals surface area contributed by atoms with Crippen molar-refractivity contribution in [2.24, 2.45) is 5.92 Å². The van der Waals surface area contributed by atoms with Crippen molar-refractivity contribution in [2.75, 3.05) is 6.54 Å². The molecule has 0 aromatic rings. The van der Waals surface area contributed by atoms with Gasteiger partial charge < -0.3 is 5.32 Å². The topological polar surface area (TPSA) is 12.0 Å². The van der Waals surface area contributed by atoms with Crippen LogP contribution in [0.25, 0.3) is 0 Å². The van der Waals surface area contributed by atoms with Gasteiger partial charge in [-0.25, -0.2) is 0 Å². The molecule has 0 fully saturated rings. The standard InChI is InChI=1S/C9H18F3N/c1-7(2)4-5-8(3)13-6-9(10,11)12/h7-8,13H,4-6H2,1-3H3. The first kappa shape index (κ1) is 12.8. The van der Waals surface area contributed by atoms with Crippen LogP contribution in [0.2, 0.25) is 0 Å². The fourth-order valence-electron chi connectivity index (χ4n) is 0.975. The highest BCUT2D eigenvalue weighted by Crippen LogP contribution is 2.13. The van der Waals surface area contributed by atoms with Crippen LogP contribution in [-0.4, -0.2) is 18.8 Å². The van der Waals surface area contributed by atoms with E-state index in [0.717, 1.165) is 12.8 Å². The van der Waals surface area contributed by atoms with E-state index in [0.29, 0.717) is 5.92 Å². The Morgan fingerprint density at radius 2 is 1.62 bits per heavy atom. The van der Waals surface area contributed by atoms with E-state index in [9.17, 15) is 13.2 Å². The molecule has 0 aliphatic rings. The first-order chi connectivity index (χ1) is 5.81. The highest BCUT2D eigenvalue weighted by molar-refractivity contribution is 4.64. The Hall–Kier alpha value is -0.250. The van der Waals surface area contributed by atoms with Crippen molar-refractivity contribution >= 4 is 0 Å². The van der Waals surface area contributed by atoms with Crippen molar-refractivity contribution in [2.45, 2.75) is 45.8 Å². The number of hydrogen-bond acceptors (Lipinski definition) is 1. The first-order valence-corrected chi connectivity index (χ1v) is 4.61. The van der Waals surface area contributed by atoms with Crippen molar-refractivity contribution in [1.29, 1.82) is 0 Å². The SMILES string of the molecule is CC(C)CCC(C)NCC(F)(F)F. The summed E-state index contributed by atoms with van der Waals surface area (Å²) in [6.07, 6.45) is -2.33. The van der Waals surface area contributed by atoms with Crippen LogP contribution in [0.4, 0.5) is 13.2 Å². The molecule has 0 saturated heterocycles. The molecule has 13 heavy (non-hydrogen) atoms. The lowest BCUT2D eigenvalue weighted by atomic mass is 10.0. The van der Waals surface area contributed by atoms with Gasteiger partial charge in [-0.15, -0.1) is 0 Å². The third kappa shape index (κ3) is 9.67. The predicted molar refractivity (Wildman–Crippen MR) is 47.6 cm³/mol. The van der Waals surface area contributed by atoms with Gasteiger partial charge in [0.25, 0.3) is 0 Å². The van der Waals surface area contributed by atoms with Crippen molar-refractivity contribution in [3.63, 3.8) is 0 Å². The summed E-state index contributed by atoms with van der Waals surface area (Å²) in [5, 5.41) is 2.45. The Morgan fingerprint density at radius 1 is 1.08 bits per heavy atom. The van der Waals surface area contributed by atoms with E-state index in [2.05, 4.69) is 19.2 Å². The van der Waals surface area contributed by atoms with Crippen LogP contribution in [-0.2, 0) is 0 Å². The van der Waals surface area contributed by atoms with E-state index in [4.69, 9.17) is 0 Å². The Kier molecular flexibility index (Phi) is 5.37. The van der Waals surface area contributed by atoms with Crippen LogP contribution in [0.1, 0.15) is 33.6 Å². The van der Waals surface area contributed by atoms with Crippen LogP contribution in [0.3, 0.4) is 0 Å². The van der Waals surface area contributed by atoms with Crippen LogP contribution in [0.5, 0.6) is 0 Å². The van der Waals surface area contributed by atoms with Gasteiger partial charge in [-0.3, -0.25) is 0 Å². The third-order valence-corrected chi connectivity index (χ3v) is 1.83. The van der Waals surface area contributed by atoms with Gasteiger partial charge in [0.1, 0.15) is 0 Å². The van der Waals surface area contributed by atoms with E-state index in [1.54, 1.807) is 6.92 Å². The maximum Gasteiger partial charge on any atom is 0.401 e. The smallest absolute Gasteiger partial charge is 0.306 e. The van der Waals surface area contributed by atoms with Crippen molar-refractivity contribution < 1.29 is 13.2 Å². The lowest BCUT2D eigenvalue weighted by Gasteiger charge is -2.16. The fourth-order valence-corrected chi connectivity index (χ4v) is 0.975. The quantitative estimate of drug-likeness (QED) is 0.714. The predicted octanol–water partition coefficient (Wildman–Crippen LogP) is 2.96. The summed E-state index contributed by atoms with van der Waals surface area (Å²) in [5.41, 5.74) is 0. The van der Waals surface area contributed by atoms with Gasteiger partial charge in [-0.2, -0.15) is 13.2 Å². The molecule has 0 heterocycles. The summed E-state index contributed by atoms with van der Waals surface area (Å²) in [7, 11) is 0. The molecule has 0 aliphatic carbocycles. The second-order valence-corrected chi connectivity index (χ2v) is 3.87. The monoisotopic (exact) mass is 197 g/mol. The molecule has 0 bridgehead atoms. The van der Waals surface area contributed by atoms with Gasteiger partial charge >= 0.3 is 6.18 Å². The highest BCUT2D eigenvalue weighted by Gasteiger charge is 2.27. The second kappa shape index (κ2) is 5.47. The lowest BCUT2D eigenvalue weighted by molar-refractivity contribution is -0.126. The zero-order valence-electron chi connectivity index (χ0n) is 8.41. The third-order valence-electron chi connectivity index (χ3n) is 1.83. The zero-order valence-corrected chi connectivity index (χ0v) is 8.41. The van der Waals surface area contributed by atoms with Crippen LogP contribution in [0, 0.1) is 5.92 Å². The average Bonchev–Trinajstić information content (AvgIpc) is 1.95. The van der Waals surface area contributed by atoms with Gasteiger partial charge in [-0.05, 0) is 25.7 Å². The number of halogens is 3. The molecule has 1 unspecified atom stereocenters. The van der Waals surface area contributed by atoms with Crippen LogP contribution in [0.15, 0.2) is 0 Å². The van der Waals surface area contributed by atoms with Crippen LogP contribution >= 0.6 is 0 Å². The molecule has 0 aliphatic heterocycles. The first-order valence-electron chi connectivity index (χ1n) is 4.61. The molecular formula is C9H18F3N. The molecule has 1 nitrogen and oxygen atoms in total. The molecule has 1 N–H and O–H groups in total. The molecule has 0 rings (SSSR count). The van der Waals surface area contributed by atoms with Crippen molar-refractivity contribution in [3.8, 4) is 0 Å². The highest BCUT2D eigenvalue weighted by atomic mass is 19.4. The Balaban J connectivity index is 3.46. The molecule has 0 aromatic carbocycles. The number of nitrogens with one attached hydrogen (secondary N) is 1. The van der Waals surface area contributed by atoms with E-state index in [1.807, 2.05) is 0 Å². The fraction of sp³-hybridized carbons (Fsp3) is 1.00. The summed E-state index contributed by atoms with van der Waals surface area (Å²) in [4.78, 5) is 0. The minimum absolute atomic E-state index is 0.0518. The molecule has 4 heteroatoms. The minimum atomic E-state index is -4.09. The lowest BCUT2D eigenvalue weighted by Crippen LogP contribution is -2.35. The molecule has 80 valence electrons. The summed E-state index contributed by atoms with van der Waals surface area (Å²) in [5.74, 6) is 0.551. The molecule has 1 atom stereocenters. The normalized spacial score (nSPS) is 15.0. The number of rotatable bonds is 5. The molecule has 0 spiro atoms. The Bertz CT molecular complexity index is 131. The van der Waals surface area contributed by atoms with Gasteiger partial charge in [0.2, 0.25) is 0 Å². The van der Waals surface area contributed by atoms with E-state index in [-0.39, 0.29) is 6.04 Å². The summed E-state index contributed by atoms with van der Waals surface area (Å²) in [6, 6.07) is -0.0518. The molecular weight excluding hydrogens is 179 g/mol. The van der Waals surface area contributed by atoms with E-state index >= 15 is 0 Å². The zero-order chi connectivity index (χ0) is 10.5. The van der Waals surface area contributed by atoms with E-state index < -0.39 is 12.7 Å². The maximum absolute atomic E-state index is 11.8. The summed E-state index contributed by atoms with van der Waals surface area (Å²) < 4.78 is 35.3.